The maximum atomic E-state index is 4.26. The first-order valence-electron chi connectivity index (χ1n) is 7.63. The number of thiazole rings is 1. The molecule has 1 aliphatic rings. The van der Waals surface area contributed by atoms with Crippen LogP contribution in [0.15, 0.2) is 11.2 Å². The third kappa shape index (κ3) is 6.95. The number of rotatable bonds is 6. The van der Waals surface area contributed by atoms with Gasteiger partial charge in [0.1, 0.15) is 0 Å². The van der Waals surface area contributed by atoms with E-state index in [2.05, 4.69) is 20.6 Å². The van der Waals surface area contributed by atoms with Crippen LogP contribution in [0.4, 0.5) is 0 Å². The molecule has 0 saturated heterocycles. The number of aromatic nitrogens is 1. The van der Waals surface area contributed by atoms with Crippen molar-refractivity contribution in [2.75, 3.05) is 13.6 Å². The van der Waals surface area contributed by atoms with E-state index in [1.807, 2.05) is 20.2 Å². The van der Waals surface area contributed by atoms with Crippen molar-refractivity contribution in [3.05, 3.63) is 16.1 Å². The van der Waals surface area contributed by atoms with Gasteiger partial charge < -0.3 is 10.6 Å². The predicted octanol–water partition coefficient (Wildman–Crippen LogP) is 3.70. The molecule has 0 aromatic carbocycles. The Bertz CT molecular complexity index is 427. The van der Waals surface area contributed by atoms with Crippen LogP contribution in [-0.2, 0) is 6.54 Å². The zero-order valence-electron chi connectivity index (χ0n) is 13.0. The number of hydrogen-bond acceptors (Lipinski definition) is 3. The van der Waals surface area contributed by atoms with Gasteiger partial charge >= 0.3 is 0 Å². The van der Waals surface area contributed by atoms with Crippen molar-refractivity contribution in [1.82, 2.24) is 15.6 Å². The Morgan fingerprint density at radius 2 is 2.14 bits per heavy atom. The second-order valence-corrected chi connectivity index (χ2v) is 6.81. The molecule has 0 radical (unpaired) electrons. The van der Waals surface area contributed by atoms with Crippen LogP contribution < -0.4 is 10.6 Å². The van der Waals surface area contributed by atoms with E-state index in [1.165, 1.54) is 43.4 Å². The van der Waals surface area contributed by atoms with Crippen LogP contribution in [0.2, 0.25) is 0 Å². The minimum Gasteiger partial charge on any atom is -0.356 e. The molecule has 0 aliphatic heterocycles. The molecule has 2 rings (SSSR count). The van der Waals surface area contributed by atoms with Crippen molar-refractivity contribution in [1.29, 1.82) is 0 Å². The molecule has 0 amide bonds. The monoisotopic (exact) mass is 422 g/mol. The molecule has 2 N–H and O–H groups in total. The smallest absolute Gasteiger partial charge is 0.191 e. The summed E-state index contributed by atoms with van der Waals surface area (Å²) in [6, 6.07) is 0. The van der Waals surface area contributed by atoms with Gasteiger partial charge in [-0.2, -0.15) is 0 Å². The fraction of sp³-hybridized carbons (Fsp3) is 0.733. The zero-order valence-corrected chi connectivity index (χ0v) is 16.2. The highest BCUT2D eigenvalue weighted by molar-refractivity contribution is 14.0. The number of aliphatic imine (C=N–C) groups is 1. The van der Waals surface area contributed by atoms with E-state index in [0.717, 1.165) is 30.0 Å². The SMILES string of the molecule is CN=C(NCCCC1CCCC1)NCc1cnc(C)s1.I. The summed E-state index contributed by atoms with van der Waals surface area (Å²) in [6.07, 6.45) is 10.3. The molecule has 0 unspecified atom stereocenters. The van der Waals surface area contributed by atoms with Gasteiger partial charge in [-0.1, -0.05) is 25.7 Å². The lowest BCUT2D eigenvalue weighted by Gasteiger charge is -2.12. The topological polar surface area (TPSA) is 49.3 Å². The van der Waals surface area contributed by atoms with E-state index < -0.39 is 0 Å². The Hall–Kier alpha value is -0.370. The molecule has 0 bridgehead atoms. The summed E-state index contributed by atoms with van der Waals surface area (Å²) in [7, 11) is 1.82. The second-order valence-electron chi connectivity index (χ2n) is 5.49. The van der Waals surface area contributed by atoms with Gasteiger partial charge in [-0.05, 0) is 25.7 Å². The average Bonchev–Trinajstić information content (AvgIpc) is 3.09. The van der Waals surface area contributed by atoms with Crippen LogP contribution in [0.5, 0.6) is 0 Å². The standard InChI is InChI=1S/C15H26N4S.HI/c1-12-18-10-14(20-12)11-19-15(16-2)17-9-5-8-13-6-3-4-7-13;/h10,13H,3-9,11H2,1-2H3,(H2,16,17,19);1H. The third-order valence-electron chi connectivity index (χ3n) is 3.88. The molecule has 1 aliphatic carbocycles. The fourth-order valence-corrected chi connectivity index (χ4v) is 3.51. The zero-order chi connectivity index (χ0) is 14.2. The Balaban J connectivity index is 0.00000220. The molecular formula is C15H27IN4S. The Morgan fingerprint density at radius 3 is 2.76 bits per heavy atom. The number of nitrogens with zero attached hydrogens (tertiary/aromatic N) is 2. The number of halogens is 1. The van der Waals surface area contributed by atoms with E-state index >= 15 is 0 Å². The van der Waals surface area contributed by atoms with Gasteiger partial charge in [0.15, 0.2) is 5.96 Å². The fourth-order valence-electron chi connectivity index (χ4n) is 2.78. The molecule has 6 heteroatoms. The summed E-state index contributed by atoms with van der Waals surface area (Å²) in [5, 5.41) is 7.84. The Labute approximate surface area is 149 Å². The summed E-state index contributed by atoms with van der Waals surface area (Å²) in [4.78, 5) is 9.76. The summed E-state index contributed by atoms with van der Waals surface area (Å²) >= 11 is 1.73. The molecule has 1 heterocycles. The first-order chi connectivity index (χ1) is 9.78. The summed E-state index contributed by atoms with van der Waals surface area (Å²) in [5.74, 6) is 1.87. The summed E-state index contributed by atoms with van der Waals surface area (Å²) in [6.45, 7) is 3.84. The molecule has 0 atom stereocenters. The lowest BCUT2D eigenvalue weighted by Crippen LogP contribution is -2.37. The van der Waals surface area contributed by atoms with Gasteiger partial charge in [0.25, 0.3) is 0 Å². The molecule has 1 aromatic rings. The molecular weight excluding hydrogens is 395 g/mol. The number of aryl methyl sites for hydroxylation is 1. The highest BCUT2D eigenvalue weighted by atomic mass is 127. The van der Waals surface area contributed by atoms with Gasteiger partial charge in [-0.15, -0.1) is 35.3 Å². The Morgan fingerprint density at radius 1 is 1.38 bits per heavy atom. The highest BCUT2D eigenvalue weighted by Gasteiger charge is 2.13. The van der Waals surface area contributed by atoms with E-state index in [0.29, 0.717) is 0 Å². The largest absolute Gasteiger partial charge is 0.356 e. The Kier molecular flexibility index (Phi) is 9.23. The summed E-state index contributed by atoms with van der Waals surface area (Å²) < 4.78 is 0. The second kappa shape index (κ2) is 10.4. The molecule has 1 aromatic heterocycles. The summed E-state index contributed by atoms with van der Waals surface area (Å²) in [5.41, 5.74) is 0. The van der Waals surface area contributed by atoms with Crippen molar-refractivity contribution in [3.63, 3.8) is 0 Å². The lowest BCUT2D eigenvalue weighted by atomic mass is 10.0. The number of hydrogen-bond donors (Lipinski definition) is 2. The number of guanidine groups is 1. The normalized spacial score (nSPS) is 15.8. The number of nitrogens with one attached hydrogen (secondary N) is 2. The highest BCUT2D eigenvalue weighted by Crippen LogP contribution is 2.28. The van der Waals surface area contributed by atoms with Gasteiger partial charge in [0.2, 0.25) is 0 Å². The van der Waals surface area contributed by atoms with E-state index in [1.54, 1.807) is 11.3 Å². The van der Waals surface area contributed by atoms with Crippen molar-refractivity contribution < 1.29 is 0 Å². The van der Waals surface area contributed by atoms with Crippen LogP contribution in [0.3, 0.4) is 0 Å². The molecule has 1 fully saturated rings. The minimum absolute atomic E-state index is 0. The van der Waals surface area contributed by atoms with Crippen molar-refractivity contribution >= 4 is 41.3 Å². The molecule has 1 saturated carbocycles. The molecule has 21 heavy (non-hydrogen) atoms. The third-order valence-corrected chi connectivity index (χ3v) is 4.79. The molecule has 120 valence electrons. The van der Waals surface area contributed by atoms with Gasteiger partial charge in [0, 0.05) is 24.7 Å². The van der Waals surface area contributed by atoms with Crippen LogP contribution in [0, 0.1) is 12.8 Å². The van der Waals surface area contributed by atoms with Crippen LogP contribution >= 0.6 is 35.3 Å². The maximum absolute atomic E-state index is 4.26. The first kappa shape index (κ1) is 18.7. The van der Waals surface area contributed by atoms with E-state index in [4.69, 9.17) is 0 Å². The van der Waals surface area contributed by atoms with Crippen molar-refractivity contribution in [2.45, 2.75) is 52.0 Å². The van der Waals surface area contributed by atoms with Crippen LogP contribution in [0.1, 0.15) is 48.4 Å². The van der Waals surface area contributed by atoms with Crippen LogP contribution in [0.25, 0.3) is 0 Å². The van der Waals surface area contributed by atoms with Gasteiger partial charge in [-0.3, -0.25) is 4.99 Å². The lowest BCUT2D eigenvalue weighted by molar-refractivity contribution is 0.481. The van der Waals surface area contributed by atoms with E-state index in [9.17, 15) is 0 Å². The quantitative estimate of drug-likeness (QED) is 0.318. The van der Waals surface area contributed by atoms with Gasteiger partial charge in [-0.25, -0.2) is 4.98 Å². The minimum atomic E-state index is 0. The van der Waals surface area contributed by atoms with Crippen molar-refractivity contribution in [3.8, 4) is 0 Å². The maximum Gasteiger partial charge on any atom is 0.191 e. The van der Waals surface area contributed by atoms with Crippen molar-refractivity contribution in [2.24, 2.45) is 10.9 Å². The van der Waals surface area contributed by atoms with Gasteiger partial charge in [0.05, 0.1) is 11.6 Å². The predicted molar refractivity (Wildman–Crippen MR) is 102 cm³/mol. The molecule has 0 spiro atoms. The van der Waals surface area contributed by atoms with E-state index in [-0.39, 0.29) is 24.0 Å². The van der Waals surface area contributed by atoms with Crippen LogP contribution in [-0.4, -0.2) is 24.5 Å². The molecule has 4 nitrogen and oxygen atoms in total. The average molecular weight is 422 g/mol. The first-order valence-corrected chi connectivity index (χ1v) is 8.45.